The van der Waals surface area contributed by atoms with Gasteiger partial charge in [0.25, 0.3) is 5.91 Å². The van der Waals surface area contributed by atoms with Crippen LogP contribution in [-0.4, -0.2) is 32.3 Å². The fourth-order valence-corrected chi connectivity index (χ4v) is 2.95. The van der Waals surface area contributed by atoms with Crippen molar-refractivity contribution in [1.29, 1.82) is 0 Å². The molecular weight excluding hydrogens is 302 g/mol. The minimum absolute atomic E-state index is 0.160. The van der Waals surface area contributed by atoms with Crippen molar-refractivity contribution in [2.75, 3.05) is 20.3 Å². The first-order chi connectivity index (χ1) is 10.8. The van der Waals surface area contributed by atoms with Gasteiger partial charge in [-0.25, -0.2) is 0 Å². The van der Waals surface area contributed by atoms with Gasteiger partial charge in [-0.05, 0) is 34.5 Å². The molecule has 0 fully saturated rings. The Balaban J connectivity index is 1.57. The molecule has 1 aromatic carbocycles. The molecule has 2 unspecified atom stereocenters. The van der Waals surface area contributed by atoms with Crippen LogP contribution in [0.25, 0.3) is 0 Å². The SMILES string of the molecule is COC(CNC(=O)C1COc2ccccc2O1)c1ccsc1. The van der Waals surface area contributed by atoms with E-state index in [-0.39, 0.29) is 18.6 Å². The third-order valence-corrected chi connectivity index (χ3v) is 4.16. The lowest BCUT2D eigenvalue weighted by atomic mass is 10.2. The maximum atomic E-state index is 12.2. The van der Waals surface area contributed by atoms with Gasteiger partial charge in [0.15, 0.2) is 11.5 Å². The summed E-state index contributed by atoms with van der Waals surface area (Å²) in [4.78, 5) is 12.2. The van der Waals surface area contributed by atoms with Crippen LogP contribution in [0.5, 0.6) is 11.5 Å². The highest BCUT2D eigenvalue weighted by Crippen LogP contribution is 2.30. The van der Waals surface area contributed by atoms with Crippen LogP contribution >= 0.6 is 11.3 Å². The average molecular weight is 319 g/mol. The molecule has 116 valence electrons. The number of rotatable bonds is 5. The first kappa shape index (κ1) is 14.9. The second-order valence-electron chi connectivity index (χ2n) is 4.89. The summed E-state index contributed by atoms with van der Waals surface area (Å²) >= 11 is 1.60. The van der Waals surface area contributed by atoms with Gasteiger partial charge < -0.3 is 19.5 Å². The molecule has 1 N–H and O–H groups in total. The largest absolute Gasteiger partial charge is 0.485 e. The van der Waals surface area contributed by atoms with Gasteiger partial charge >= 0.3 is 0 Å². The van der Waals surface area contributed by atoms with E-state index in [0.29, 0.717) is 18.0 Å². The predicted molar refractivity (Wildman–Crippen MR) is 83.4 cm³/mol. The van der Waals surface area contributed by atoms with E-state index >= 15 is 0 Å². The maximum absolute atomic E-state index is 12.2. The Hall–Kier alpha value is -2.05. The fraction of sp³-hybridized carbons (Fsp3) is 0.312. The molecule has 1 amide bonds. The van der Waals surface area contributed by atoms with E-state index < -0.39 is 6.10 Å². The molecule has 1 aromatic heterocycles. The molecule has 2 atom stereocenters. The molecule has 1 aliphatic heterocycles. The lowest BCUT2D eigenvalue weighted by molar-refractivity contribution is -0.130. The number of para-hydroxylation sites is 2. The Bertz CT molecular complexity index is 629. The topological polar surface area (TPSA) is 56.8 Å². The molecule has 0 saturated heterocycles. The van der Waals surface area contributed by atoms with Crippen LogP contribution in [0.3, 0.4) is 0 Å². The molecule has 2 heterocycles. The standard InChI is InChI=1S/C16H17NO4S/c1-19-14(11-6-7-22-10-11)8-17-16(18)15-9-20-12-4-2-3-5-13(12)21-15/h2-7,10,14-15H,8-9H2,1H3,(H,17,18). The zero-order valence-electron chi connectivity index (χ0n) is 12.2. The molecule has 22 heavy (non-hydrogen) atoms. The zero-order valence-corrected chi connectivity index (χ0v) is 13.0. The van der Waals surface area contributed by atoms with Crippen LogP contribution in [0.15, 0.2) is 41.1 Å². The summed E-state index contributed by atoms with van der Waals surface area (Å²) in [7, 11) is 1.63. The molecule has 5 nitrogen and oxygen atoms in total. The van der Waals surface area contributed by atoms with Crippen LogP contribution in [0.2, 0.25) is 0 Å². The van der Waals surface area contributed by atoms with E-state index in [4.69, 9.17) is 14.2 Å². The number of nitrogens with one attached hydrogen (secondary N) is 1. The fourth-order valence-electron chi connectivity index (χ4n) is 2.25. The maximum Gasteiger partial charge on any atom is 0.264 e. The molecule has 0 radical (unpaired) electrons. The van der Waals surface area contributed by atoms with Crippen LogP contribution in [0, 0.1) is 0 Å². The smallest absolute Gasteiger partial charge is 0.264 e. The van der Waals surface area contributed by atoms with Crippen molar-refractivity contribution in [3.8, 4) is 11.5 Å². The monoisotopic (exact) mass is 319 g/mol. The quantitative estimate of drug-likeness (QED) is 0.919. The van der Waals surface area contributed by atoms with Crippen LogP contribution < -0.4 is 14.8 Å². The molecule has 0 aliphatic carbocycles. The molecular formula is C16H17NO4S. The minimum atomic E-state index is -0.644. The van der Waals surface area contributed by atoms with Crippen molar-refractivity contribution in [2.45, 2.75) is 12.2 Å². The van der Waals surface area contributed by atoms with Crippen molar-refractivity contribution in [1.82, 2.24) is 5.32 Å². The number of thiophene rings is 1. The summed E-state index contributed by atoms with van der Waals surface area (Å²) in [6.07, 6.45) is -0.804. The second-order valence-corrected chi connectivity index (χ2v) is 5.67. The van der Waals surface area contributed by atoms with Crippen molar-refractivity contribution in [3.05, 3.63) is 46.7 Å². The van der Waals surface area contributed by atoms with E-state index in [1.165, 1.54) is 0 Å². The number of methoxy groups -OCH3 is 1. The number of hydrogen-bond donors (Lipinski definition) is 1. The first-order valence-electron chi connectivity index (χ1n) is 6.99. The van der Waals surface area contributed by atoms with Gasteiger partial charge in [-0.2, -0.15) is 11.3 Å². The number of benzene rings is 1. The molecule has 1 aliphatic rings. The van der Waals surface area contributed by atoms with Crippen molar-refractivity contribution < 1.29 is 19.0 Å². The van der Waals surface area contributed by atoms with E-state index in [9.17, 15) is 4.79 Å². The Morgan fingerprint density at radius 3 is 2.95 bits per heavy atom. The number of fused-ring (bicyclic) bond motifs is 1. The van der Waals surface area contributed by atoms with Crippen LogP contribution in [0.4, 0.5) is 0 Å². The predicted octanol–water partition coefficient (Wildman–Crippen LogP) is 2.39. The summed E-state index contributed by atoms with van der Waals surface area (Å²) in [6, 6.07) is 9.31. The number of ether oxygens (including phenoxy) is 3. The number of carbonyl (C=O) groups is 1. The summed E-state index contributed by atoms with van der Waals surface area (Å²) < 4.78 is 16.6. The molecule has 2 aromatic rings. The lowest BCUT2D eigenvalue weighted by Crippen LogP contribution is -2.45. The van der Waals surface area contributed by atoms with E-state index in [2.05, 4.69) is 5.32 Å². The number of amides is 1. The van der Waals surface area contributed by atoms with Gasteiger partial charge in [0.1, 0.15) is 12.7 Å². The first-order valence-corrected chi connectivity index (χ1v) is 7.93. The van der Waals surface area contributed by atoms with Crippen molar-refractivity contribution in [2.24, 2.45) is 0 Å². The van der Waals surface area contributed by atoms with Gasteiger partial charge in [-0.15, -0.1) is 0 Å². The third-order valence-electron chi connectivity index (χ3n) is 3.46. The van der Waals surface area contributed by atoms with Gasteiger partial charge in [-0.1, -0.05) is 12.1 Å². The number of hydrogen-bond acceptors (Lipinski definition) is 5. The summed E-state index contributed by atoms with van der Waals surface area (Å²) in [6.45, 7) is 0.604. The van der Waals surface area contributed by atoms with Gasteiger partial charge in [0.2, 0.25) is 6.10 Å². The highest BCUT2D eigenvalue weighted by Gasteiger charge is 2.27. The summed E-state index contributed by atoms with van der Waals surface area (Å²) in [5.41, 5.74) is 1.05. The Kier molecular flexibility index (Phi) is 4.60. The second kappa shape index (κ2) is 6.81. The highest BCUT2D eigenvalue weighted by molar-refractivity contribution is 7.07. The lowest BCUT2D eigenvalue weighted by Gasteiger charge is -2.26. The van der Waals surface area contributed by atoms with Gasteiger partial charge in [-0.3, -0.25) is 4.79 Å². The number of carbonyl (C=O) groups excluding carboxylic acids is 1. The van der Waals surface area contributed by atoms with E-state index in [1.54, 1.807) is 24.5 Å². The summed E-state index contributed by atoms with van der Waals surface area (Å²) in [5.74, 6) is 1.06. The average Bonchev–Trinajstić information content (AvgIpc) is 3.09. The van der Waals surface area contributed by atoms with Crippen molar-refractivity contribution >= 4 is 17.2 Å². The van der Waals surface area contributed by atoms with E-state index in [1.807, 2.05) is 35.0 Å². The van der Waals surface area contributed by atoms with Gasteiger partial charge in [0.05, 0.1) is 0 Å². The molecule has 6 heteroatoms. The zero-order chi connectivity index (χ0) is 15.4. The highest BCUT2D eigenvalue weighted by atomic mass is 32.1. The Labute approximate surface area is 132 Å². The molecule has 0 bridgehead atoms. The Morgan fingerprint density at radius 2 is 2.23 bits per heavy atom. The van der Waals surface area contributed by atoms with Crippen LogP contribution in [-0.2, 0) is 9.53 Å². The van der Waals surface area contributed by atoms with Gasteiger partial charge in [0, 0.05) is 13.7 Å². The third kappa shape index (κ3) is 3.23. The molecule has 0 spiro atoms. The van der Waals surface area contributed by atoms with E-state index in [0.717, 1.165) is 5.56 Å². The molecule has 3 rings (SSSR count). The van der Waals surface area contributed by atoms with Crippen molar-refractivity contribution in [3.63, 3.8) is 0 Å². The Morgan fingerprint density at radius 1 is 1.41 bits per heavy atom. The molecule has 0 saturated carbocycles. The normalized spacial score (nSPS) is 17.8. The summed E-state index contributed by atoms with van der Waals surface area (Å²) in [5, 5.41) is 6.85. The minimum Gasteiger partial charge on any atom is -0.485 e. The van der Waals surface area contributed by atoms with Crippen LogP contribution in [0.1, 0.15) is 11.7 Å².